The summed E-state index contributed by atoms with van der Waals surface area (Å²) in [6.45, 7) is 2.25. The predicted octanol–water partition coefficient (Wildman–Crippen LogP) is 2.52. The second kappa shape index (κ2) is 3.44. The zero-order chi connectivity index (χ0) is 5.82. The van der Waals surface area contributed by atoms with E-state index >= 15 is 0 Å². The fraction of sp³-hybridized carbons (Fsp3) is 1.00. The monoisotopic (exact) mass is 128 g/mol. The van der Waals surface area contributed by atoms with Gasteiger partial charge in [0.05, 0.1) is 0 Å². The molecule has 0 atom stereocenters. The lowest BCUT2D eigenvalue weighted by molar-refractivity contribution is 0.935. The summed E-state index contributed by atoms with van der Waals surface area (Å²) in [5.74, 6) is 2.34. The van der Waals surface area contributed by atoms with E-state index in [1.165, 1.54) is 31.2 Å². The first-order valence-corrected chi connectivity index (χ1v) is 4.60. The van der Waals surface area contributed by atoms with Gasteiger partial charge in [-0.25, -0.2) is 11.6 Å². The molecule has 0 bridgehead atoms. The minimum atomic E-state index is 1.03. The van der Waals surface area contributed by atoms with E-state index in [0.29, 0.717) is 0 Å². The molecule has 0 amide bonds. The van der Waals surface area contributed by atoms with Crippen molar-refractivity contribution in [3.8, 4) is 0 Å². The Morgan fingerprint density at radius 2 is 2.00 bits per heavy atom. The van der Waals surface area contributed by atoms with Gasteiger partial charge >= 0.3 is 0 Å². The summed E-state index contributed by atoms with van der Waals surface area (Å²) in [6.07, 6.45) is 5.94. The van der Waals surface area contributed by atoms with Gasteiger partial charge in [-0.15, -0.1) is 0 Å². The van der Waals surface area contributed by atoms with Crippen molar-refractivity contribution in [2.75, 3.05) is 5.75 Å². The molecule has 0 N–H and O–H groups in total. The topological polar surface area (TPSA) is 0 Å². The van der Waals surface area contributed by atoms with Crippen LogP contribution in [-0.4, -0.2) is 11.7 Å². The third kappa shape index (κ3) is 1.73. The molecule has 1 heterocycles. The van der Waals surface area contributed by atoms with Gasteiger partial charge in [0.15, 0.2) is 0 Å². The third-order valence-electron chi connectivity index (χ3n) is 1.70. The van der Waals surface area contributed by atoms with Crippen molar-refractivity contribution < 1.29 is 0 Å². The van der Waals surface area contributed by atoms with Crippen LogP contribution in [0.4, 0.5) is 0 Å². The largest absolute Gasteiger partial charge is 0.210 e. The summed E-state index contributed by atoms with van der Waals surface area (Å²) in [5, 5.41) is 0. The smallest absolute Gasteiger partial charge is 0.209 e. The number of hydrogen-bond acceptors (Lipinski definition) is 1. The molecule has 0 spiro atoms. The van der Waals surface area contributed by atoms with Crippen molar-refractivity contribution in [2.45, 2.75) is 32.4 Å². The summed E-state index contributed by atoms with van der Waals surface area (Å²) in [4.78, 5) is 0. The van der Waals surface area contributed by atoms with Crippen LogP contribution >= 0.6 is 11.6 Å². The van der Waals surface area contributed by atoms with Gasteiger partial charge in [0.2, 0.25) is 5.99 Å². The highest BCUT2D eigenvalue weighted by Crippen LogP contribution is 2.26. The first-order chi connectivity index (χ1) is 3.93. The minimum absolute atomic E-state index is 1.03. The molecule has 2 heteroatoms. The molecule has 0 saturated carbocycles. The fourth-order valence-corrected chi connectivity index (χ4v) is 2.43. The van der Waals surface area contributed by atoms with Crippen LogP contribution < -0.4 is 0 Å². The predicted molar refractivity (Wildman–Crippen MR) is 42.7 cm³/mol. The minimum Gasteiger partial charge on any atom is -0.210 e. The Bertz CT molecular complexity index is 59.5. The van der Waals surface area contributed by atoms with E-state index in [4.69, 9.17) is 0 Å². The molecular weight excluding hydrogens is 115 g/mol. The van der Waals surface area contributed by atoms with Crippen molar-refractivity contribution in [1.29, 1.82) is 0 Å². The molecule has 1 rings (SSSR count). The lowest BCUT2D eigenvalue weighted by atomic mass is 9.75. The average Bonchev–Trinajstić information content (AvgIpc) is 2.19. The zero-order valence-corrected chi connectivity index (χ0v) is 6.34. The molecule has 1 saturated heterocycles. The van der Waals surface area contributed by atoms with E-state index in [2.05, 4.69) is 18.5 Å². The second-order valence-electron chi connectivity index (χ2n) is 2.36. The van der Waals surface area contributed by atoms with Crippen LogP contribution in [0.15, 0.2) is 0 Å². The molecule has 1 aliphatic rings. The first kappa shape index (κ1) is 6.53. The quantitative estimate of drug-likeness (QED) is 0.515. The molecule has 1 fully saturated rings. The highest BCUT2D eigenvalue weighted by molar-refractivity contribution is 8.25. The summed E-state index contributed by atoms with van der Waals surface area (Å²) in [5.41, 5.74) is 0. The van der Waals surface area contributed by atoms with Crippen molar-refractivity contribution in [2.24, 2.45) is 0 Å². The molecule has 0 radical (unpaired) electrons. The summed E-state index contributed by atoms with van der Waals surface area (Å²) in [6, 6.07) is 0. The molecular formula is C6H13BS. The summed E-state index contributed by atoms with van der Waals surface area (Å²) >= 11 is 2.14. The summed E-state index contributed by atoms with van der Waals surface area (Å²) < 4.78 is 0. The van der Waals surface area contributed by atoms with Crippen molar-refractivity contribution in [3.05, 3.63) is 0 Å². The van der Waals surface area contributed by atoms with E-state index in [0.717, 1.165) is 5.99 Å². The van der Waals surface area contributed by atoms with Crippen LogP contribution in [0.5, 0.6) is 0 Å². The molecule has 0 aliphatic carbocycles. The van der Waals surface area contributed by atoms with E-state index in [1.54, 1.807) is 0 Å². The molecule has 0 aromatic rings. The van der Waals surface area contributed by atoms with Gasteiger partial charge < -0.3 is 0 Å². The van der Waals surface area contributed by atoms with Gasteiger partial charge in [-0.3, -0.25) is 0 Å². The third-order valence-corrected chi connectivity index (χ3v) is 2.98. The lowest BCUT2D eigenvalue weighted by Crippen LogP contribution is -1.98. The lowest BCUT2D eigenvalue weighted by Gasteiger charge is -1.98. The highest BCUT2D eigenvalue weighted by atomic mass is 32.2. The maximum Gasteiger partial charge on any atom is 0.209 e. The van der Waals surface area contributed by atoms with Gasteiger partial charge in [-0.1, -0.05) is 32.4 Å². The molecule has 0 aromatic carbocycles. The van der Waals surface area contributed by atoms with Gasteiger partial charge in [0.25, 0.3) is 0 Å². The number of hydrogen-bond donors (Lipinski definition) is 0. The van der Waals surface area contributed by atoms with Crippen LogP contribution in [0, 0.1) is 0 Å². The van der Waals surface area contributed by atoms with Crippen LogP contribution in [0.1, 0.15) is 19.8 Å². The van der Waals surface area contributed by atoms with Gasteiger partial charge in [-0.05, 0) is 5.75 Å². The molecule has 46 valence electrons. The fourth-order valence-electron chi connectivity index (χ4n) is 1.29. The number of rotatable bonds is 2. The summed E-state index contributed by atoms with van der Waals surface area (Å²) in [7, 11) is 0. The Morgan fingerprint density at radius 3 is 2.50 bits per heavy atom. The molecule has 1 aliphatic heterocycles. The van der Waals surface area contributed by atoms with Crippen molar-refractivity contribution >= 4 is 17.6 Å². The van der Waals surface area contributed by atoms with Crippen LogP contribution in [-0.2, 0) is 0 Å². The van der Waals surface area contributed by atoms with Gasteiger partial charge in [0.1, 0.15) is 0 Å². The average molecular weight is 128 g/mol. The second-order valence-corrected chi connectivity index (χ2v) is 3.94. The van der Waals surface area contributed by atoms with Gasteiger partial charge in [0, 0.05) is 0 Å². The molecule has 0 aromatic heterocycles. The maximum atomic E-state index is 2.25. The van der Waals surface area contributed by atoms with E-state index in [-0.39, 0.29) is 0 Å². The van der Waals surface area contributed by atoms with Crippen LogP contribution in [0.2, 0.25) is 12.6 Å². The van der Waals surface area contributed by atoms with Crippen LogP contribution in [0.3, 0.4) is 0 Å². The maximum absolute atomic E-state index is 2.25. The van der Waals surface area contributed by atoms with E-state index in [1.807, 2.05) is 0 Å². The normalized spacial score (nSPS) is 19.9. The Labute approximate surface area is 56.4 Å². The van der Waals surface area contributed by atoms with E-state index in [9.17, 15) is 0 Å². The van der Waals surface area contributed by atoms with Crippen LogP contribution in [0.25, 0.3) is 0 Å². The van der Waals surface area contributed by atoms with E-state index < -0.39 is 0 Å². The first-order valence-electron chi connectivity index (χ1n) is 3.55. The molecule has 8 heavy (non-hydrogen) atoms. The van der Waals surface area contributed by atoms with Gasteiger partial charge in [-0.2, -0.15) is 0 Å². The Kier molecular flexibility index (Phi) is 2.81. The molecule has 0 unspecified atom stereocenters. The highest BCUT2D eigenvalue weighted by Gasteiger charge is 2.17. The molecule has 0 nitrogen and oxygen atoms in total. The standard InChI is InChI=1S/C6H13BS/c1-2-8-7-5-3-4-6-7/h2-6H2,1H3. The van der Waals surface area contributed by atoms with Crippen molar-refractivity contribution in [3.63, 3.8) is 0 Å². The zero-order valence-electron chi connectivity index (χ0n) is 5.52. The Hall–Kier alpha value is 0.415. The Morgan fingerprint density at radius 1 is 1.38 bits per heavy atom. The Balaban J connectivity index is 2.06. The van der Waals surface area contributed by atoms with Crippen molar-refractivity contribution in [1.82, 2.24) is 0 Å². The SMILES string of the molecule is CCSB1CCCC1.